The van der Waals surface area contributed by atoms with E-state index in [1.165, 1.54) is 28.7 Å². The molecule has 2 aromatic rings. The van der Waals surface area contributed by atoms with Crippen LogP contribution in [0, 0.1) is 0 Å². The van der Waals surface area contributed by atoms with E-state index in [1.54, 1.807) is 6.33 Å². The first kappa shape index (κ1) is 11.6. The number of thiophene rings is 1. The second-order valence-electron chi connectivity index (χ2n) is 5.41. The van der Waals surface area contributed by atoms with E-state index in [-0.39, 0.29) is 12.6 Å². The lowest BCUT2D eigenvalue weighted by Crippen LogP contribution is -2.32. The monoisotopic (exact) mass is 275 g/mol. The predicted molar refractivity (Wildman–Crippen MR) is 76.9 cm³/mol. The molecule has 0 radical (unpaired) electrons. The molecular weight excluding hydrogens is 258 g/mol. The van der Waals surface area contributed by atoms with Crippen LogP contribution >= 0.6 is 11.3 Å². The van der Waals surface area contributed by atoms with Crippen LogP contribution in [0.15, 0.2) is 6.33 Å². The fraction of sp³-hybridized carbons (Fsp3) is 0.571. The lowest BCUT2D eigenvalue weighted by atomic mass is 10.1. The molecule has 0 aromatic carbocycles. The zero-order valence-electron chi connectivity index (χ0n) is 10.8. The number of anilines is 1. The third kappa shape index (κ3) is 1.68. The molecule has 1 aliphatic carbocycles. The summed E-state index contributed by atoms with van der Waals surface area (Å²) in [6.07, 6.45) is 7.49. The van der Waals surface area contributed by atoms with Gasteiger partial charge in [0.05, 0.1) is 18.0 Å². The largest absolute Gasteiger partial charge is 0.394 e. The summed E-state index contributed by atoms with van der Waals surface area (Å²) in [7, 11) is 0. The van der Waals surface area contributed by atoms with Crippen molar-refractivity contribution in [2.45, 2.75) is 38.1 Å². The maximum Gasteiger partial charge on any atom is 0.141 e. The highest BCUT2D eigenvalue weighted by Gasteiger charge is 2.29. The molecule has 1 unspecified atom stereocenters. The van der Waals surface area contributed by atoms with Gasteiger partial charge in [-0.3, -0.25) is 0 Å². The predicted octanol–water partition coefficient (Wildman–Crippen LogP) is 2.14. The van der Waals surface area contributed by atoms with Gasteiger partial charge in [0.1, 0.15) is 17.0 Å². The Morgan fingerprint density at radius 3 is 3.16 bits per heavy atom. The van der Waals surface area contributed by atoms with Crippen LogP contribution in [-0.2, 0) is 12.8 Å². The van der Waals surface area contributed by atoms with E-state index in [9.17, 15) is 5.11 Å². The molecule has 1 saturated heterocycles. The van der Waals surface area contributed by atoms with Gasteiger partial charge in [-0.25, -0.2) is 9.97 Å². The minimum Gasteiger partial charge on any atom is -0.394 e. The Labute approximate surface area is 116 Å². The van der Waals surface area contributed by atoms with Gasteiger partial charge in [-0.15, -0.1) is 11.3 Å². The average molecular weight is 275 g/mol. The highest BCUT2D eigenvalue weighted by molar-refractivity contribution is 7.19. The second-order valence-corrected chi connectivity index (χ2v) is 6.49. The van der Waals surface area contributed by atoms with Crippen LogP contribution in [0.4, 0.5) is 5.82 Å². The van der Waals surface area contributed by atoms with Gasteiger partial charge in [0, 0.05) is 11.4 Å². The summed E-state index contributed by atoms with van der Waals surface area (Å²) in [6, 6.07) is 0.232. The van der Waals surface area contributed by atoms with Crippen molar-refractivity contribution in [3.63, 3.8) is 0 Å². The average Bonchev–Trinajstić information content (AvgIpc) is 3.12. The fourth-order valence-electron chi connectivity index (χ4n) is 3.43. The molecule has 0 saturated carbocycles. The minimum atomic E-state index is 0.220. The number of nitrogens with zero attached hydrogens (tertiary/aromatic N) is 3. The molecule has 100 valence electrons. The van der Waals surface area contributed by atoms with Gasteiger partial charge in [0.25, 0.3) is 0 Å². The van der Waals surface area contributed by atoms with E-state index in [1.807, 2.05) is 11.3 Å². The number of aryl methyl sites for hydroxylation is 2. The van der Waals surface area contributed by atoms with Crippen LogP contribution in [0.25, 0.3) is 10.2 Å². The van der Waals surface area contributed by atoms with Crippen molar-refractivity contribution in [1.29, 1.82) is 0 Å². The number of hydrogen-bond acceptors (Lipinski definition) is 5. The van der Waals surface area contributed by atoms with Crippen molar-refractivity contribution in [3.8, 4) is 0 Å². The molecule has 4 nitrogen and oxygen atoms in total. The molecule has 0 amide bonds. The van der Waals surface area contributed by atoms with Crippen molar-refractivity contribution >= 4 is 27.4 Å². The van der Waals surface area contributed by atoms with E-state index in [4.69, 9.17) is 0 Å². The van der Waals surface area contributed by atoms with Crippen LogP contribution in [0.3, 0.4) is 0 Å². The summed E-state index contributed by atoms with van der Waals surface area (Å²) in [5, 5.41) is 10.8. The molecule has 0 spiro atoms. The van der Waals surface area contributed by atoms with Crippen molar-refractivity contribution in [2.24, 2.45) is 0 Å². The first-order valence-corrected chi connectivity index (χ1v) is 7.83. The molecule has 3 heterocycles. The Morgan fingerprint density at radius 1 is 1.32 bits per heavy atom. The number of aromatic nitrogens is 2. The highest BCUT2D eigenvalue weighted by atomic mass is 32.1. The Morgan fingerprint density at radius 2 is 2.26 bits per heavy atom. The standard InChI is InChI=1S/C14H17N3OS/c18-7-9-3-2-6-17(9)13-12-10-4-1-5-11(10)19-14(12)16-8-15-13/h8-9,18H,1-7H2. The van der Waals surface area contributed by atoms with Gasteiger partial charge >= 0.3 is 0 Å². The molecule has 2 aliphatic rings. The third-order valence-electron chi connectivity index (χ3n) is 4.34. The Bertz CT molecular complexity index is 624. The molecule has 4 rings (SSSR count). The zero-order chi connectivity index (χ0) is 12.8. The van der Waals surface area contributed by atoms with E-state index in [0.717, 1.165) is 36.5 Å². The van der Waals surface area contributed by atoms with E-state index >= 15 is 0 Å². The topological polar surface area (TPSA) is 49.2 Å². The second kappa shape index (κ2) is 4.42. The third-order valence-corrected chi connectivity index (χ3v) is 5.54. The highest BCUT2D eigenvalue weighted by Crippen LogP contribution is 2.41. The smallest absolute Gasteiger partial charge is 0.141 e. The lowest BCUT2D eigenvalue weighted by Gasteiger charge is -2.24. The molecule has 1 atom stereocenters. The molecule has 19 heavy (non-hydrogen) atoms. The Balaban J connectivity index is 1.89. The van der Waals surface area contributed by atoms with Gasteiger partial charge in [-0.2, -0.15) is 0 Å². The van der Waals surface area contributed by atoms with E-state index in [0.29, 0.717) is 0 Å². The summed E-state index contributed by atoms with van der Waals surface area (Å²) >= 11 is 1.83. The number of fused-ring (bicyclic) bond motifs is 3. The van der Waals surface area contributed by atoms with Gasteiger partial charge < -0.3 is 10.0 Å². The lowest BCUT2D eigenvalue weighted by molar-refractivity contribution is 0.266. The normalized spacial score (nSPS) is 22.4. The van der Waals surface area contributed by atoms with E-state index < -0.39 is 0 Å². The molecule has 5 heteroatoms. The molecule has 2 aromatic heterocycles. The number of hydrogen-bond donors (Lipinski definition) is 1. The number of aliphatic hydroxyl groups excluding tert-OH is 1. The first-order chi connectivity index (χ1) is 9.38. The summed E-state index contributed by atoms with van der Waals surface area (Å²) < 4.78 is 0. The molecule has 1 N–H and O–H groups in total. The Kier molecular flexibility index (Phi) is 2.70. The molecule has 0 bridgehead atoms. The van der Waals surface area contributed by atoms with Crippen LogP contribution in [-0.4, -0.2) is 34.3 Å². The summed E-state index contributed by atoms with van der Waals surface area (Å²) in [6.45, 7) is 1.22. The summed E-state index contributed by atoms with van der Waals surface area (Å²) in [5.74, 6) is 1.06. The van der Waals surface area contributed by atoms with Crippen LogP contribution in [0.1, 0.15) is 29.7 Å². The maximum atomic E-state index is 9.53. The molecule has 1 aliphatic heterocycles. The van der Waals surface area contributed by atoms with Gasteiger partial charge in [0.2, 0.25) is 0 Å². The first-order valence-electron chi connectivity index (χ1n) is 7.01. The van der Waals surface area contributed by atoms with Crippen molar-refractivity contribution in [2.75, 3.05) is 18.1 Å². The number of rotatable bonds is 2. The molecular formula is C14H17N3OS. The SMILES string of the molecule is OCC1CCCN1c1ncnc2sc3c(c12)CCC3. The summed E-state index contributed by atoms with van der Waals surface area (Å²) in [4.78, 5) is 13.9. The van der Waals surface area contributed by atoms with Crippen molar-refractivity contribution < 1.29 is 5.11 Å². The van der Waals surface area contributed by atoms with Gasteiger partial charge in [-0.05, 0) is 37.7 Å². The van der Waals surface area contributed by atoms with Crippen LogP contribution < -0.4 is 4.90 Å². The van der Waals surface area contributed by atoms with Crippen LogP contribution in [0.2, 0.25) is 0 Å². The van der Waals surface area contributed by atoms with Gasteiger partial charge in [-0.1, -0.05) is 0 Å². The van der Waals surface area contributed by atoms with E-state index in [2.05, 4.69) is 14.9 Å². The number of aliphatic hydroxyl groups is 1. The maximum absolute atomic E-state index is 9.53. The zero-order valence-corrected chi connectivity index (χ0v) is 11.6. The van der Waals surface area contributed by atoms with Gasteiger partial charge in [0.15, 0.2) is 0 Å². The Hall–Kier alpha value is -1.20. The van der Waals surface area contributed by atoms with Crippen molar-refractivity contribution in [3.05, 3.63) is 16.8 Å². The summed E-state index contributed by atoms with van der Waals surface area (Å²) in [5.41, 5.74) is 1.47. The fourth-order valence-corrected chi connectivity index (χ4v) is 4.66. The van der Waals surface area contributed by atoms with Crippen molar-refractivity contribution in [1.82, 2.24) is 9.97 Å². The molecule has 1 fully saturated rings. The van der Waals surface area contributed by atoms with Crippen LogP contribution in [0.5, 0.6) is 0 Å². The minimum absolute atomic E-state index is 0.220. The quantitative estimate of drug-likeness (QED) is 0.912.